The monoisotopic (exact) mass is 297 g/mol. The summed E-state index contributed by atoms with van der Waals surface area (Å²) in [5.74, 6) is 0.675. The highest BCUT2D eigenvalue weighted by Crippen LogP contribution is 2.26. The summed E-state index contributed by atoms with van der Waals surface area (Å²) in [7, 11) is 0. The molecule has 2 atom stereocenters. The first-order valence-electron chi connectivity index (χ1n) is 5.11. The van der Waals surface area contributed by atoms with Gasteiger partial charge in [0.1, 0.15) is 6.04 Å². The summed E-state index contributed by atoms with van der Waals surface area (Å²) >= 11 is 3.41. The van der Waals surface area contributed by atoms with Crippen molar-refractivity contribution in [2.24, 2.45) is 5.73 Å². The van der Waals surface area contributed by atoms with Gasteiger partial charge in [0.05, 0.1) is 6.10 Å². The van der Waals surface area contributed by atoms with Crippen LogP contribution >= 0.6 is 15.9 Å². The van der Waals surface area contributed by atoms with Crippen LogP contribution < -0.4 is 5.73 Å². The second-order valence-electron chi connectivity index (χ2n) is 3.70. The van der Waals surface area contributed by atoms with E-state index in [4.69, 9.17) is 10.3 Å². The van der Waals surface area contributed by atoms with Crippen LogP contribution in [0, 0.1) is 0 Å². The third-order valence-electron chi connectivity index (χ3n) is 2.36. The molecule has 1 heterocycles. The molecule has 2 aromatic rings. The minimum Gasteiger partial charge on any atom is -0.391 e. The van der Waals surface area contributed by atoms with Crippen molar-refractivity contribution in [2.75, 3.05) is 0 Å². The van der Waals surface area contributed by atoms with Crippen LogP contribution in [-0.2, 0) is 0 Å². The lowest BCUT2D eigenvalue weighted by Gasteiger charge is -2.08. The number of aromatic nitrogens is 2. The lowest BCUT2D eigenvalue weighted by Crippen LogP contribution is -2.23. The summed E-state index contributed by atoms with van der Waals surface area (Å²) in [4.78, 5) is 4.17. The number of aliphatic hydroxyl groups is 1. The Morgan fingerprint density at radius 3 is 2.76 bits per heavy atom. The van der Waals surface area contributed by atoms with Gasteiger partial charge in [0, 0.05) is 10.0 Å². The number of hydrogen-bond donors (Lipinski definition) is 2. The third-order valence-corrected chi connectivity index (χ3v) is 3.05. The Morgan fingerprint density at radius 2 is 2.12 bits per heavy atom. The van der Waals surface area contributed by atoms with Crippen LogP contribution in [0.1, 0.15) is 18.9 Å². The molecule has 17 heavy (non-hydrogen) atoms. The van der Waals surface area contributed by atoms with Crippen molar-refractivity contribution < 1.29 is 9.63 Å². The van der Waals surface area contributed by atoms with Gasteiger partial charge in [0.15, 0.2) is 0 Å². The van der Waals surface area contributed by atoms with Crippen molar-refractivity contribution in [1.82, 2.24) is 10.1 Å². The SMILES string of the molecule is C[C@@H](O)[C@H](N)c1nc(-c2ccccc2Br)no1. The minimum absolute atomic E-state index is 0.228. The lowest BCUT2D eigenvalue weighted by molar-refractivity contribution is 0.146. The summed E-state index contributed by atoms with van der Waals surface area (Å²) in [6.45, 7) is 1.58. The zero-order chi connectivity index (χ0) is 12.4. The largest absolute Gasteiger partial charge is 0.391 e. The van der Waals surface area contributed by atoms with E-state index in [1.165, 1.54) is 0 Å². The summed E-state index contributed by atoms with van der Waals surface area (Å²) in [6, 6.07) is 6.87. The fourth-order valence-electron chi connectivity index (χ4n) is 1.33. The number of nitrogens with zero attached hydrogens (tertiary/aromatic N) is 2. The van der Waals surface area contributed by atoms with E-state index in [0.717, 1.165) is 10.0 Å². The van der Waals surface area contributed by atoms with E-state index in [0.29, 0.717) is 5.82 Å². The molecule has 0 unspecified atom stereocenters. The molecule has 0 bridgehead atoms. The van der Waals surface area contributed by atoms with Gasteiger partial charge in [-0.2, -0.15) is 4.98 Å². The minimum atomic E-state index is -0.734. The van der Waals surface area contributed by atoms with Gasteiger partial charge in [0.25, 0.3) is 0 Å². The highest BCUT2D eigenvalue weighted by molar-refractivity contribution is 9.10. The van der Waals surface area contributed by atoms with Gasteiger partial charge in [-0.1, -0.05) is 33.2 Å². The molecule has 0 saturated carbocycles. The maximum Gasteiger partial charge on any atom is 0.246 e. The maximum absolute atomic E-state index is 9.35. The van der Waals surface area contributed by atoms with Gasteiger partial charge in [-0.15, -0.1) is 0 Å². The van der Waals surface area contributed by atoms with Gasteiger partial charge in [-0.05, 0) is 19.1 Å². The van der Waals surface area contributed by atoms with E-state index in [2.05, 4.69) is 26.1 Å². The molecule has 0 amide bonds. The second kappa shape index (κ2) is 4.95. The number of nitrogens with two attached hydrogens (primary N) is 1. The molecule has 0 aliphatic rings. The first kappa shape index (κ1) is 12.2. The maximum atomic E-state index is 9.35. The van der Waals surface area contributed by atoms with Crippen LogP contribution in [0.5, 0.6) is 0 Å². The molecule has 0 radical (unpaired) electrons. The number of halogens is 1. The highest BCUT2D eigenvalue weighted by atomic mass is 79.9. The van der Waals surface area contributed by atoms with E-state index in [9.17, 15) is 5.11 Å². The van der Waals surface area contributed by atoms with Gasteiger partial charge in [-0.25, -0.2) is 0 Å². The Kier molecular flexibility index (Phi) is 3.56. The Bertz CT molecular complexity index is 513. The molecule has 0 saturated heterocycles. The molecule has 0 fully saturated rings. The number of hydrogen-bond acceptors (Lipinski definition) is 5. The van der Waals surface area contributed by atoms with Crippen LogP contribution in [0.2, 0.25) is 0 Å². The van der Waals surface area contributed by atoms with E-state index >= 15 is 0 Å². The standard InChI is InChI=1S/C11H12BrN3O2/c1-6(16)9(13)11-14-10(15-17-11)7-4-2-3-5-8(7)12/h2-6,9,16H,13H2,1H3/t6-,9+/m1/s1. The molecule has 0 spiro atoms. The average Bonchev–Trinajstić information content (AvgIpc) is 2.77. The molecule has 5 nitrogen and oxygen atoms in total. The zero-order valence-corrected chi connectivity index (χ0v) is 10.8. The predicted molar refractivity (Wildman–Crippen MR) is 66.0 cm³/mol. The predicted octanol–water partition coefficient (Wildman–Crippen LogP) is 1.88. The van der Waals surface area contributed by atoms with Crippen molar-refractivity contribution in [1.29, 1.82) is 0 Å². The summed E-state index contributed by atoms with van der Waals surface area (Å²) in [5, 5.41) is 13.2. The van der Waals surface area contributed by atoms with Gasteiger partial charge >= 0.3 is 0 Å². The van der Waals surface area contributed by atoms with Crippen molar-refractivity contribution in [2.45, 2.75) is 19.1 Å². The van der Waals surface area contributed by atoms with Gasteiger partial charge in [-0.3, -0.25) is 0 Å². The van der Waals surface area contributed by atoms with Crippen molar-refractivity contribution in [3.63, 3.8) is 0 Å². The second-order valence-corrected chi connectivity index (χ2v) is 4.56. The molecule has 0 aliphatic carbocycles. The summed E-state index contributed by atoms with van der Waals surface area (Å²) in [6.07, 6.45) is -0.734. The number of rotatable bonds is 3. The molecule has 0 aliphatic heterocycles. The van der Waals surface area contributed by atoms with Crippen molar-refractivity contribution >= 4 is 15.9 Å². The molecule has 1 aromatic heterocycles. The number of aliphatic hydroxyl groups excluding tert-OH is 1. The topological polar surface area (TPSA) is 85.2 Å². The summed E-state index contributed by atoms with van der Waals surface area (Å²) < 4.78 is 5.90. The summed E-state index contributed by atoms with van der Waals surface area (Å²) in [5.41, 5.74) is 6.53. The van der Waals surface area contributed by atoms with Crippen LogP contribution in [0.3, 0.4) is 0 Å². The van der Waals surface area contributed by atoms with Crippen LogP contribution in [0.25, 0.3) is 11.4 Å². The fourth-order valence-corrected chi connectivity index (χ4v) is 1.79. The first-order valence-corrected chi connectivity index (χ1v) is 5.91. The normalized spacial score (nSPS) is 14.6. The Morgan fingerprint density at radius 1 is 1.41 bits per heavy atom. The first-order chi connectivity index (χ1) is 8.09. The van der Waals surface area contributed by atoms with Crippen LogP contribution in [-0.4, -0.2) is 21.4 Å². The van der Waals surface area contributed by atoms with Gasteiger partial charge in [0.2, 0.25) is 11.7 Å². The molecule has 2 rings (SSSR count). The highest BCUT2D eigenvalue weighted by Gasteiger charge is 2.20. The van der Waals surface area contributed by atoms with Crippen LogP contribution in [0.4, 0.5) is 0 Å². The molecule has 90 valence electrons. The molecule has 6 heteroatoms. The smallest absolute Gasteiger partial charge is 0.246 e. The molecule has 3 N–H and O–H groups in total. The Labute approximate surface area is 107 Å². The fraction of sp³-hybridized carbons (Fsp3) is 0.273. The van der Waals surface area contributed by atoms with Gasteiger partial charge < -0.3 is 15.4 Å². The van der Waals surface area contributed by atoms with Crippen LogP contribution in [0.15, 0.2) is 33.3 Å². The molecular formula is C11H12BrN3O2. The third kappa shape index (κ3) is 2.54. The van der Waals surface area contributed by atoms with Crippen molar-refractivity contribution in [3.05, 3.63) is 34.6 Å². The van der Waals surface area contributed by atoms with E-state index in [1.54, 1.807) is 6.92 Å². The Balaban J connectivity index is 2.34. The average molecular weight is 298 g/mol. The van der Waals surface area contributed by atoms with E-state index < -0.39 is 12.1 Å². The van der Waals surface area contributed by atoms with E-state index in [-0.39, 0.29) is 5.89 Å². The quantitative estimate of drug-likeness (QED) is 0.903. The Hall–Kier alpha value is -1.24. The molecule has 1 aromatic carbocycles. The lowest BCUT2D eigenvalue weighted by atomic mass is 10.2. The van der Waals surface area contributed by atoms with Crippen molar-refractivity contribution in [3.8, 4) is 11.4 Å². The zero-order valence-electron chi connectivity index (χ0n) is 9.17. The number of benzene rings is 1. The molecular weight excluding hydrogens is 286 g/mol. The van der Waals surface area contributed by atoms with E-state index in [1.807, 2.05) is 24.3 Å².